The molecular formula is C15H10ClN3O6. The third kappa shape index (κ3) is 2.92. The number of halogens is 1. The largest absolute Gasteiger partial charge is 0.508 e. The second-order valence-electron chi connectivity index (χ2n) is 5.10. The van der Waals surface area contributed by atoms with Gasteiger partial charge in [-0.05, 0) is 6.07 Å². The Morgan fingerprint density at radius 2 is 1.80 bits per heavy atom. The van der Waals surface area contributed by atoms with Crippen LogP contribution in [0.3, 0.4) is 0 Å². The van der Waals surface area contributed by atoms with Crippen molar-refractivity contribution in [2.24, 2.45) is 0 Å². The van der Waals surface area contributed by atoms with Gasteiger partial charge in [0.2, 0.25) is 0 Å². The lowest BCUT2D eigenvalue weighted by Gasteiger charge is -2.12. The number of carboxylic acids is 1. The minimum Gasteiger partial charge on any atom is -0.508 e. The van der Waals surface area contributed by atoms with Gasteiger partial charge in [-0.2, -0.15) is 0 Å². The quantitative estimate of drug-likeness (QED) is 0.544. The van der Waals surface area contributed by atoms with Crippen LogP contribution >= 0.6 is 11.6 Å². The summed E-state index contributed by atoms with van der Waals surface area (Å²) in [5.41, 5.74) is -1.56. The van der Waals surface area contributed by atoms with Gasteiger partial charge in [0.25, 0.3) is 5.56 Å². The SMILES string of the molecule is O=C(O)Cn1c(=O)c(-c2c(O)cc(O)cc2O)nc2cc(Cl)cnc21. The van der Waals surface area contributed by atoms with Crippen molar-refractivity contribution in [3.63, 3.8) is 0 Å². The van der Waals surface area contributed by atoms with Crippen molar-refractivity contribution in [1.82, 2.24) is 14.5 Å². The fraction of sp³-hybridized carbons (Fsp3) is 0.0667. The molecule has 128 valence electrons. The Morgan fingerprint density at radius 3 is 2.40 bits per heavy atom. The molecule has 9 nitrogen and oxygen atoms in total. The number of benzene rings is 1. The van der Waals surface area contributed by atoms with E-state index < -0.39 is 41.0 Å². The molecule has 0 amide bonds. The summed E-state index contributed by atoms with van der Waals surface area (Å²) in [6.45, 7) is -0.709. The van der Waals surface area contributed by atoms with Gasteiger partial charge >= 0.3 is 5.97 Å². The van der Waals surface area contributed by atoms with E-state index in [1.807, 2.05) is 0 Å². The zero-order valence-corrected chi connectivity index (χ0v) is 13.1. The van der Waals surface area contributed by atoms with Gasteiger partial charge in [0.05, 0.1) is 10.6 Å². The van der Waals surface area contributed by atoms with Crippen LogP contribution in [-0.4, -0.2) is 40.9 Å². The molecule has 0 spiro atoms. The van der Waals surface area contributed by atoms with Crippen LogP contribution in [0.4, 0.5) is 0 Å². The molecule has 0 atom stereocenters. The number of phenolic OH excluding ortho intramolecular Hbond substituents is 3. The van der Waals surface area contributed by atoms with Gasteiger partial charge in [-0.25, -0.2) is 9.97 Å². The lowest BCUT2D eigenvalue weighted by atomic mass is 10.1. The Labute approximate surface area is 144 Å². The van der Waals surface area contributed by atoms with Gasteiger partial charge < -0.3 is 20.4 Å². The van der Waals surface area contributed by atoms with Crippen molar-refractivity contribution in [2.75, 3.05) is 0 Å². The van der Waals surface area contributed by atoms with Gasteiger partial charge in [0.15, 0.2) is 5.65 Å². The molecule has 4 N–H and O–H groups in total. The van der Waals surface area contributed by atoms with Crippen LogP contribution < -0.4 is 5.56 Å². The Morgan fingerprint density at radius 1 is 1.16 bits per heavy atom. The number of aliphatic carboxylic acids is 1. The highest BCUT2D eigenvalue weighted by Gasteiger charge is 2.21. The molecule has 10 heteroatoms. The number of fused-ring (bicyclic) bond motifs is 1. The molecular weight excluding hydrogens is 354 g/mol. The van der Waals surface area contributed by atoms with E-state index in [1.54, 1.807) is 0 Å². The van der Waals surface area contributed by atoms with Crippen LogP contribution in [0.2, 0.25) is 5.02 Å². The van der Waals surface area contributed by atoms with Crippen molar-refractivity contribution >= 4 is 28.7 Å². The van der Waals surface area contributed by atoms with Gasteiger partial charge in [-0.15, -0.1) is 0 Å². The third-order valence-corrected chi connectivity index (χ3v) is 3.57. The molecule has 0 aliphatic carbocycles. The number of hydrogen-bond acceptors (Lipinski definition) is 7. The number of aromatic nitrogens is 3. The highest BCUT2D eigenvalue weighted by atomic mass is 35.5. The molecule has 0 aliphatic heterocycles. The van der Waals surface area contributed by atoms with Crippen LogP contribution in [0.15, 0.2) is 29.2 Å². The maximum absolute atomic E-state index is 12.7. The van der Waals surface area contributed by atoms with E-state index in [0.717, 1.165) is 16.7 Å². The molecule has 25 heavy (non-hydrogen) atoms. The van der Waals surface area contributed by atoms with Crippen molar-refractivity contribution in [1.29, 1.82) is 0 Å². The molecule has 1 aromatic carbocycles. The summed E-state index contributed by atoms with van der Waals surface area (Å²) in [6, 6.07) is 3.19. The molecule has 0 aliphatic rings. The topological polar surface area (TPSA) is 146 Å². The Kier molecular flexibility index (Phi) is 3.93. The summed E-state index contributed by atoms with van der Waals surface area (Å²) in [5, 5.41) is 38.6. The lowest BCUT2D eigenvalue weighted by Crippen LogP contribution is -2.27. The summed E-state index contributed by atoms with van der Waals surface area (Å²) in [4.78, 5) is 31.7. The first-order chi connectivity index (χ1) is 11.8. The predicted octanol–water partition coefficient (Wildman–Crippen LogP) is 1.31. The summed E-state index contributed by atoms with van der Waals surface area (Å²) in [7, 11) is 0. The number of hydrogen-bond donors (Lipinski definition) is 4. The van der Waals surface area contributed by atoms with Crippen LogP contribution in [0.25, 0.3) is 22.4 Å². The van der Waals surface area contributed by atoms with Crippen LogP contribution in [0.5, 0.6) is 17.2 Å². The van der Waals surface area contributed by atoms with E-state index in [1.165, 1.54) is 12.3 Å². The molecule has 3 aromatic rings. The first kappa shape index (κ1) is 16.5. The second kappa shape index (κ2) is 5.95. The summed E-state index contributed by atoms with van der Waals surface area (Å²) >= 11 is 5.86. The molecule has 0 saturated carbocycles. The molecule has 3 rings (SSSR count). The number of carbonyl (C=O) groups is 1. The van der Waals surface area contributed by atoms with Crippen LogP contribution in [-0.2, 0) is 11.3 Å². The van der Waals surface area contributed by atoms with E-state index in [9.17, 15) is 24.9 Å². The smallest absolute Gasteiger partial charge is 0.323 e. The normalized spacial score (nSPS) is 10.9. The molecule has 0 fully saturated rings. The molecule has 0 saturated heterocycles. The van der Waals surface area contributed by atoms with E-state index in [-0.39, 0.29) is 21.7 Å². The lowest BCUT2D eigenvalue weighted by molar-refractivity contribution is -0.137. The summed E-state index contributed by atoms with van der Waals surface area (Å²) in [6.07, 6.45) is 1.23. The zero-order chi connectivity index (χ0) is 18.3. The van der Waals surface area contributed by atoms with E-state index in [2.05, 4.69) is 9.97 Å². The number of pyridine rings is 1. The van der Waals surface area contributed by atoms with Gasteiger partial charge in [0, 0.05) is 18.3 Å². The van der Waals surface area contributed by atoms with Crippen molar-refractivity contribution < 1.29 is 25.2 Å². The highest BCUT2D eigenvalue weighted by Crippen LogP contribution is 2.38. The minimum atomic E-state index is -1.29. The Hall–Kier alpha value is -3.33. The predicted molar refractivity (Wildman–Crippen MR) is 86.9 cm³/mol. The van der Waals surface area contributed by atoms with Crippen LogP contribution in [0, 0.1) is 0 Å². The van der Waals surface area contributed by atoms with E-state index in [4.69, 9.17) is 16.7 Å². The summed E-state index contributed by atoms with van der Waals surface area (Å²) < 4.78 is 0.835. The zero-order valence-electron chi connectivity index (χ0n) is 12.3. The molecule has 0 bridgehead atoms. The fourth-order valence-corrected chi connectivity index (χ4v) is 2.54. The first-order valence-corrected chi connectivity index (χ1v) is 7.19. The first-order valence-electron chi connectivity index (χ1n) is 6.81. The molecule has 2 heterocycles. The van der Waals surface area contributed by atoms with Gasteiger partial charge in [-0.1, -0.05) is 11.6 Å². The number of aromatic hydroxyl groups is 3. The highest BCUT2D eigenvalue weighted by molar-refractivity contribution is 6.31. The Bertz CT molecular complexity index is 1060. The molecule has 0 radical (unpaired) electrons. The van der Waals surface area contributed by atoms with Crippen molar-refractivity contribution in [3.05, 3.63) is 39.8 Å². The fourth-order valence-electron chi connectivity index (χ4n) is 2.39. The maximum atomic E-state index is 12.7. The average Bonchev–Trinajstić information content (AvgIpc) is 2.49. The van der Waals surface area contributed by atoms with Gasteiger partial charge in [0.1, 0.15) is 35.0 Å². The third-order valence-electron chi connectivity index (χ3n) is 3.36. The number of rotatable bonds is 3. The van der Waals surface area contributed by atoms with Crippen molar-refractivity contribution in [2.45, 2.75) is 6.54 Å². The number of nitrogens with zero attached hydrogens (tertiary/aromatic N) is 3. The number of carboxylic acid groups (broad SMARTS) is 1. The van der Waals surface area contributed by atoms with E-state index >= 15 is 0 Å². The number of phenols is 3. The van der Waals surface area contributed by atoms with E-state index in [0.29, 0.717) is 0 Å². The average molecular weight is 364 g/mol. The molecule has 0 unspecified atom stereocenters. The standard InChI is InChI=1S/C15H10ClN3O6/c16-6-1-8-14(17-4-6)19(5-11(23)24)15(25)13(18-8)12-9(21)2-7(20)3-10(12)22/h1-4,20-22H,5H2,(H,23,24). The van der Waals surface area contributed by atoms with Crippen molar-refractivity contribution in [3.8, 4) is 28.5 Å². The second-order valence-corrected chi connectivity index (χ2v) is 5.54. The summed E-state index contributed by atoms with van der Waals surface area (Å²) in [5.74, 6) is -2.91. The van der Waals surface area contributed by atoms with Crippen LogP contribution in [0.1, 0.15) is 0 Å². The van der Waals surface area contributed by atoms with Gasteiger partial charge in [-0.3, -0.25) is 14.2 Å². The minimum absolute atomic E-state index is 0.0155. The molecule has 2 aromatic heterocycles. The monoisotopic (exact) mass is 363 g/mol. The Balaban J connectivity index is 2.42. The maximum Gasteiger partial charge on any atom is 0.323 e.